The van der Waals surface area contributed by atoms with Crippen LogP contribution in [0, 0.1) is 5.92 Å². The quantitative estimate of drug-likeness (QED) is 0.392. The van der Waals surface area contributed by atoms with Crippen LogP contribution in [0.4, 0.5) is 0 Å². The lowest BCUT2D eigenvalue weighted by molar-refractivity contribution is -0.141. The van der Waals surface area contributed by atoms with Gasteiger partial charge in [-0.25, -0.2) is 8.42 Å². The first kappa shape index (κ1) is 26.9. The van der Waals surface area contributed by atoms with E-state index in [1.54, 1.807) is 31.4 Å². The van der Waals surface area contributed by atoms with Crippen molar-refractivity contribution in [1.29, 1.82) is 0 Å². The Kier molecular flexibility index (Phi) is 8.97. The van der Waals surface area contributed by atoms with Crippen molar-refractivity contribution in [1.82, 2.24) is 10.2 Å². The van der Waals surface area contributed by atoms with Crippen LogP contribution < -0.4 is 10.1 Å². The van der Waals surface area contributed by atoms with Gasteiger partial charge in [-0.2, -0.15) is 0 Å². The molecule has 8 heteroatoms. The number of carboxylic acids is 1. The molecular formula is C29H34N2O5S. The first-order chi connectivity index (χ1) is 17.9. The molecule has 7 nitrogen and oxygen atoms in total. The van der Waals surface area contributed by atoms with E-state index < -0.39 is 27.7 Å². The molecule has 0 spiro atoms. The molecule has 0 aliphatic carbocycles. The summed E-state index contributed by atoms with van der Waals surface area (Å²) >= 11 is 0. The molecule has 4 rings (SSSR count). The number of hydrogen-bond acceptors (Lipinski definition) is 6. The van der Waals surface area contributed by atoms with Crippen LogP contribution in [0.1, 0.15) is 18.4 Å². The number of methoxy groups -OCH3 is 1. The SMILES string of the molecule is COc1ccc(-c2ccc(S(=O)(=O)CNC(C(=O)O)C3CCN(CCc4ccccc4)CC3)cc2)cc1. The van der Waals surface area contributed by atoms with Crippen LogP contribution in [0.3, 0.4) is 0 Å². The number of hydrogen-bond donors (Lipinski definition) is 2. The lowest BCUT2D eigenvalue weighted by Gasteiger charge is -2.35. The summed E-state index contributed by atoms with van der Waals surface area (Å²) in [6.45, 7) is 2.55. The number of likely N-dealkylation sites (tertiary alicyclic amines) is 1. The maximum absolute atomic E-state index is 13.0. The lowest BCUT2D eigenvalue weighted by Crippen LogP contribution is -2.49. The molecule has 0 aromatic heterocycles. The topological polar surface area (TPSA) is 95.9 Å². The highest BCUT2D eigenvalue weighted by atomic mass is 32.2. The fourth-order valence-electron chi connectivity index (χ4n) is 4.82. The summed E-state index contributed by atoms with van der Waals surface area (Å²) < 4.78 is 31.1. The molecule has 196 valence electrons. The molecule has 1 aliphatic heterocycles. The molecule has 0 saturated carbocycles. The van der Waals surface area contributed by atoms with Crippen LogP contribution in [0.25, 0.3) is 11.1 Å². The summed E-state index contributed by atoms with van der Waals surface area (Å²) in [6.07, 6.45) is 2.40. The molecule has 3 aromatic rings. The van der Waals surface area contributed by atoms with Crippen molar-refractivity contribution < 1.29 is 23.1 Å². The van der Waals surface area contributed by atoms with Gasteiger partial charge in [-0.05, 0) is 79.2 Å². The maximum Gasteiger partial charge on any atom is 0.321 e. The standard InChI is InChI=1S/C29H34N2O5S/c1-36-26-11-7-23(8-12-26)24-9-13-27(14-10-24)37(34,35)21-30-28(29(32)33)25-16-19-31(20-17-25)18-15-22-5-3-2-4-6-22/h2-14,25,28,30H,15-21H2,1H3,(H,32,33). The van der Waals surface area contributed by atoms with E-state index in [9.17, 15) is 18.3 Å². The molecule has 1 aliphatic rings. The van der Waals surface area contributed by atoms with Gasteiger partial charge in [-0.15, -0.1) is 0 Å². The molecule has 1 atom stereocenters. The average molecular weight is 523 g/mol. The van der Waals surface area contributed by atoms with Crippen LogP contribution in [-0.2, 0) is 21.1 Å². The van der Waals surface area contributed by atoms with Crippen LogP contribution >= 0.6 is 0 Å². The number of nitrogens with zero attached hydrogens (tertiary/aromatic N) is 1. The molecule has 3 aromatic carbocycles. The number of carboxylic acid groups (broad SMARTS) is 1. The summed E-state index contributed by atoms with van der Waals surface area (Å²) in [4.78, 5) is 14.5. The summed E-state index contributed by atoms with van der Waals surface area (Å²) in [5.41, 5.74) is 3.12. The monoisotopic (exact) mass is 522 g/mol. The third-order valence-electron chi connectivity index (χ3n) is 7.06. The van der Waals surface area contributed by atoms with E-state index >= 15 is 0 Å². The highest BCUT2D eigenvalue weighted by molar-refractivity contribution is 7.91. The van der Waals surface area contributed by atoms with E-state index in [1.807, 2.05) is 42.5 Å². The van der Waals surface area contributed by atoms with Crippen molar-refractivity contribution in [3.63, 3.8) is 0 Å². The molecule has 0 radical (unpaired) electrons. The summed E-state index contributed by atoms with van der Waals surface area (Å²) in [5.74, 6) is -0.786. The zero-order chi connectivity index (χ0) is 26.3. The summed E-state index contributed by atoms with van der Waals surface area (Å²) in [5, 5.41) is 12.7. The number of aliphatic carboxylic acids is 1. The van der Waals surface area contributed by atoms with Crippen LogP contribution in [-0.4, -0.2) is 63.1 Å². The minimum atomic E-state index is -3.69. The normalized spacial score (nSPS) is 15.8. The van der Waals surface area contributed by atoms with Crippen molar-refractivity contribution in [3.05, 3.63) is 84.4 Å². The summed E-state index contributed by atoms with van der Waals surface area (Å²) in [7, 11) is -2.09. The lowest BCUT2D eigenvalue weighted by atomic mass is 9.89. The smallest absolute Gasteiger partial charge is 0.321 e. The maximum atomic E-state index is 13.0. The number of nitrogens with one attached hydrogen (secondary N) is 1. The first-order valence-electron chi connectivity index (χ1n) is 12.6. The fourth-order valence-corrected chi connectivity index (χ4v) is 5.93. The Balaban J connectivity index is 1.31. The number of rotatable bonds is 11. The van der Waals surface area contributed by atoms with E-state index in [2.05, 4.69) is 22.3 Å². The minimum absolute atomic E-state index is 0.113. The van der Waals surface area contributed by atoms with E-state index in [0.29, 0.717) is 0 Å². The number of ether oxygens (including phenoxy) is 1. The van der Waals surface area contributed by atoms with Gasteiger partial charge in [0.1, 0.15) is 17.7 Å². The summed E-state index contributed by atoms with van der Waals surface area (Å²) in [6, 6.07) is 23.6. The second-order valence-corrected chi connectivity index (χ2v) is 11.4. The Bertz CT molecular complexity index is 1250. The van der Waals surface area contributed by atoms with E-state index in [4.69, 9.17) is 4.74 Å². The Hall–Kier alpha value is -3.20. The van der Waals surface area contributed by atoms with Gasteiger partial charge >= 0.3 is 5.97 Å². The molecular weight excluding hydrogens is 488 g/mol. The predicted molar refractivity (Wildman–Crippen MR) is 144 cm³/mol. The van der Waals surface area contributed by atoms with Gasteiger partial charge in [0.25, 0.3) is 0 Å². The van der Waals surface area contributed by atoms with Gasteiger partial charge in [0.15, 0.2) is 9.84 Å². The zero-order valence-electron chi connectivity index (χ0n) is 21.0. The van der Waals surface area contributed by atoms with Crippen molar-refractivity contribution in [2.75, 3.05) is 32.6 Å². The molecule has 2 N–H and O–H groups in total. The Morgan fingerprint density at radius 1 is 0.973 bits per heavy atom. The van der Waals surface area contributed by atoms with Crippen LogP contribution in [0.15, 0.2) is 83.8 Å². The molecule has 1 saturated heterocycles. The molecule has 1 unspecified atom stereocenters. The third-order valence-corrected chi connectivity index (χ3v) is 8.60. The predicted octanol–water partition coefficient (Wildman–Crippen LogP) is 4.09. The van der Waals surface area contributed by atoms with Gasteiger partial charge in [0.05, 0.1) is 12.0 Å². The molecule has 1 heterocycles. The minimum Gasteiger partial charge on any atom is -0.497 e. The van der Waals surface area contributed by atoms with Gasteiger partial charge in [0, 0.05) is 6.54 Å². The number of carbonyl (C=O) groups is 1. The van der Waals surface area contributed by atoms with Crippen molar-refractivity contribution in [3.8, 4) is 16.9 Å². The van der Waals surface area contributed by atoms with Gasteiger partial charge in [-0.1, -0.05) is 54.6 Å². The van der Waals surface area contributed by atoms with Crippen LogP contribution in [0.5, 0.6) is 5.75 Å². The Labute approximate surface area is 219 Å². The highest BCUT2D eigenvalue weighted by Gasteiger charge is 2.32. The largest absolute Gasteiger partial charge is 0.497 e. The fraction of sp³-hybridized carbons (Fsp3) is 0.345. The van der Waals surface area contributed by atoms with Gasteiger partial charge in [-0.3, -0.25) is 10.1 Å². The van der Waals surface area contributed by atoms with Gasteiger partial charge in [0.2, 0.25) is 0 Å². The molecule has 37 heavy (non-hydrogen) atoms. The van der Waals surface area contributed by atoms with Crippen molar-refractivity contribution >= 4 is 15.8 Å². The third kappa shape index (κ3) is 7.19. The van der Waals surface area contributed by atoms with E-state index in [-0.39, 0.29) is 10.8 Å². The Morgan fingerprint density at radius 3 is 2.14 bits per heavy atom. The highest BCUT2D eigenvalue weighted by Crippen LogP contribution is 2.25. The van der Waals surface area contributed by atoms with Crippen LogP contribution in [0.2, 0.25) is 0 Å². The van der Waals surface area contributed by atoms with E-state index in [1.165, 1.54) is 5.56 Å². The van der Waals surface area contributed by atoms with Crippen molar-refractivity contribution in [2.24, 2.45) is 5.92 Å². The van der Waals surface area contributed by atoms with Gasteiger partial charge < -0.3 is 14.7 Å². The number of sulfone groups is 1. The second kappa shape index (κ2) is 12.4. The number of benzene rings is 3. The molecule has 0 amide bonds. The Morgan fingerprint density at radius 2 is 1.57 bits per heavy atom. The zero-order valence-corrected chi connectivity index (χ0v) is 21.9. The average Bonchev–Trinajstić information content (AvgIpc) is 2.93. The van der Waals surface area contributed by atoms with Crippen molar-refractivity contribution in [2.45, 2.75) is 30.2 Å². The molecule has 1 fully saturated rings. The number of piperidine rings is 1. The first-order valence-corrected chi connectivity index (χ1v) is 14.2. The molecule has 0 bridgehead atoms. The van der Waals surface area contributed by atoms with E-state index in [0.717, 1.165) is 55.8 Å². The second-order valence-electron chi connectivity index (χ2n) is 9.45.